The lowest BCUT2D eigenvalue weighted by Gasteiger charge is -2.35. The van der Waals surface area contributed by atoms with Gasteiger partial charge in [-0.3, -0.25) is 4.90 Å². The van der Waals surface area contributed by atoms with Gasteiger partial charge in [-0.15, -0.1) is 0 Å². The molecule has 162 valence electrons. The number of esters is 1. The van der Waals surface area contributed by atoms with Gasteiger partial charge in [0.1, 0.15) is 23.4 Å². The monoisotopic (exact) mass is 413 g/mol. The van der Waals surface area contributed by atoms with Gasteiger partial charge in [-0.2, -0.15) is 0 Å². The fourth-order valence-corrected chi connectivity index (χ4v) is 4.84. The number of aryl methyl sites for hydroxylation is 1. The Kier molecular flexibility index (Phi) is 6.44. The zero-order valence-corrected chi connectivity index (χ0v) is 17.8. The molecule has 1 aliphatic carbocycles. The number of aliphatic hydroxyl groups is 1. The Morgan fingerprint density at radius 3 is 2.70 bits per heavy atom. The summed E-state index contributed by atoms with van der Waals surface area (Å²) >= 11 is 0. The molecule has 4 rings (SSSR count). The molecule has 1 aromatic carbocycles. The van der Waals surface area contributed by atoms with Gasteiger partial charge in [0, 0.05) is 19.5 Å². The van der Waals surface area contributed by atoms with Gasteiger partial charge in [-0.25, -0.2) is 4.79 Å². The van der Waals surface area contributed by atoms with E-state index in [2.05, 4.69) is 24.0 Å². The molecule has 0 unspecified atom stereocenters. The lowest BCUT2D eigenvalue weighted by atomic mass is 9.78. The molecule has 1 N–H and O–H groups in total. The molecule has 1 saturated carbocycles. The maximum absolute atomic E-state index is 11.8. The number of furan rings is 1. The highest BCUT2D eigenvalue weighted by Crippen LogP contribution is 2.38. The van der Waals surface area contributed by atoms with Crippen molar-refractivity contribution in [2.24, 2.45) is 11.8 Å². The van der Waals surface area contributed by atoms with Crippen molar-refractivity contribution in [3.05, 3.63) is 53.5 Å². The van der Waals surface area contributed by atoms with E-state index in [1.54, 1.807) is 18.2 Å². The zero-order valence-electron chi connectivity index (χ0n) is 17.8. The quantitative estimate of drug-likeness (QED) is 0.699. The van der Waals surface area contributed by atoms with Crippen LogP contribution >= 0.6 is 0 Å². The molecule has 30 heavy (non-hydrogen) atoms. The maximum atomic E-state index is 11.8. The van der Waals surface area contributed by atoms with Crippen LogP contribution in [0, 0.1) is 11.8 Å². The summed E-state index contributed by atoms with van der Waals surface area (Å²) in [5.74, 6) is 3.25. The van der Waals surface area contributed by atoms with Crippen LogP contribution in [0.4, 0.5) is 0 Å². The fourth-order valence-electron chi connectivity index (χ4n) is 4.84. The molecule has 1 saturated heterocycles. The average molecular weight is 414 g/mol. The number of rotatable bonds is 7. The van der Waals surface area contributed by atoms with E-state index in [-0.39, 0.29) is 6.10 Å². The Hall–Kier alpha value is -2.31. The molecule has 0 spiro atoms. The molecule has 0 radical (unpaired) electrons. The number of methoxy groups -OCH3 is 1. The van der Waals surface area contributed by atoms with Crippen LogP contribution in [0.2, 0.25) is 0 Å². The molecule has 2 aliphatic rings. The van der Waals surface area contributed by atoms with Crippen molar-refractivity contribution in [2.75, 3.05) is 20.2 Å². The van der Waals surface area contributed by atoms with Crippen LogP contribution in [-0.2, 0) is 17.7 Å². The van der Waals surface area contributed by atoms with Crippen LogP contribution in [0.3, 0.4) is 0 Å². The third-order valence-electron chi connectivity index (χ3n) is 6.30. The first-order chi connectivity index (χ1) is 14.6. The average Bonchev–Trinajstić information content (AvgIpc) is 3.34. The van der Waals surface area contributed by atoms with Crippen LogP contribution < -0.4 is 4.74 Å². The minimum atomic E-state index is -0.507. The first kappa shape index (κ1) is 20.9. The van der Waals surface area contributed by atoms with Crippen molar-refractivity contribution in [3.63, 3.8) is 0 Å². The Morgan fingerprint density at radius 1 is 1.17 bits per heavy atom. The van der Waals surface area contributed by atoms with Gasteiger partial charge in [-0.1, -0.05) is 13.0 Å². The largest absolute Gasteiger partial charge is 0.488 e. The SMILES string of the molecule is CCCc1ccc(CN2C[C@H]3C[C@@H](Oc4cccc(C(=O)OC)c4)[C@H](O)C[C@H]3C2)o1. The van der Waals surface area contributed by atoms with Crippen molar-refractivity contribution >= 4 is 5.97 Å². The number of benzene rings is 1. The van der Waals surface area contributed by atoms with Crippen LogP contribution in [-0.4, -0.2) is 48.4 Å². The molecule has 1 aromatic heterocycles. The molecular weight excluding hydrogens is 382 g/mol. The van der Waals surface area contributed by atoms with E-state index in [0.717, 1.165) is 56.8 Å². The standard InChI is InChI=1S/C24H31NO5/c1-3-5-19-8-9-21(29-19)15-25-13-17-11-22(26)23(12-18(17)14-25)30-20-7-4-6-16(10-20)24(27)28-2/h4,6-10,17-18,22-23,26H,3,5,11-15H2,1-2H3/t17-,18+,22+,23+/m0/s1. The molecule has 2 fully saturated rings. The van der Waals surface area contributed by atoms with Crippen LogP contribution in [0.5, 0.6) is 5.75 Å². The Bertz CT molecular complexity index is 863. The van der Waals surface area contributed by atoms with E-state index in [0.29, 0.717) is 23.1 Å². The Labute approximate surface area is 177 Å². The van der Waals surface area contributed by atoms with Gasteiger partial charge in [0.15, 0.2) is 0 Å². The number of hydrogen-bond donors (Lipinski definition) is 1. The number of fused-ring (bicyclic) bond motifs is 1. The van der Waals surface area contributed by atoms with E-state index in [9.17, 15) is 9.90 Å². The summed E-state index contributed by atoms with van der Waals surface area (Å²) in [6.45, 7) is 4.95. The lowest BCUT2D eigenvalue weighted by Crippen LogP contribution is -2.42. The number of aliphatic hydroxyl groups excluding tert-OH is 1. The number of carbonyl (C=O) groups excluding carboxylic acids is 1. The highest BCUT2D eigenvalue weighted by atomic mass is 16.5. The van der Waals surface area contributed by atoms with E-state index in [1.165, 1.54) is 7.11 Å². The molecule has 0 bridgehead atoms. The van der Waals surface area contributed by atoms with Gasteiger partial charge < -0.3 is 19.0 Å². The normalized spacial score (nSPS) is 26.4. The first-order valence-corrected chi connectivity index (χ1v) is 10.9. The summed E-state index contributed by atoms with van der Waals surface area (Å²) in [6, 6.07) is 11.1. The Balaban J connectivity index is 1.35. The molecule has 0 amide bonds. The maximum Gasteiger partial charge on any atom is 0.337 e. The summed E-state index contributed by atoms with van der Waals surface area (Å²) in [5.41, 5.74) is 0.450. The molecule has 2 aromatic rings. The van der Waals surface area contributed by atoms with Crippen LogP contribution in [0.1, 0.15) is 48.1 Å². The van der Waals surface area contributed by atoms with Crippen molar-refractivity contribution < 1.29 is 23.8 Å². The summed E-state index contributed by atoms with van der Waals surface area (Å²) in [6.07, 6.45) is 2.84. The van der Waals surface area contributed by atoms with Gasteiger partial charge in [0.2, 0.25) is 0 Å². The molecular formula is C24H31NO5. The highest BCUT2D eigenvalue weighted by Gasteiger charge is 2.42. The summed E-state index contributed by atoms with van der Waals surface area (Å²) in [7, 11) is 1.36. The highest BCUT2D eigenvalue weighted by molar-refractivity contribution is 5.89. The van der Waals surface area contributed by atoms with Gasteiger partial charge in [-0.05, 0) is 61.4 Å². The van der Waals surface area contributed by atoms with Gasteiger partial charge >= 0.3 is 5.97 Å². The van der Waals surface area contributed by atoms with Crippen molar-refractivity contribution in [3.8, 4) is 5.75 Å². The molecule has 4 atom stereocenters. The second-order valence-corrected chi connectivity index (χ2v) is 8.55. The smallest absolute Gasteiger partial charge is 0.337 e. The molecule has 2 heterocycles. The minimum absolute atomic E-state index is 0.265. The predicted molar refractivity (Wildman–Crippen MR) is 112 cm³/mol. The van der Waals surface area contributed by atoms with Crippen LogP contribution in [0.15, 0.2) is 40.8 Å². The Morgan fingerprint density at radius 2 is 1.93 bits per heavy atom. The van der Waals surface area contributed by atoms with E-state index in [1.807, 2.05) is 6.07 Å². The van der Waals surface area contributed by atoms with E-state index in [4.69, 9.17) is 13.9 Å². The second-order valence-electron chi connectivity index (χ2n) is 8.55. The number of ether oxygens (including phenoxy) is 2. The van der Waals surface area contributed by atoms with Crippen LogP contribution in [0.25, 0.3) is 0 Å². The number of carbonyl (C=O) groups is 1. The minimum Gasteiger partial charge on any atom is -0.488 e. The third-order valence-corrected chi connectivity index (χ3v) is 6.30. The predicted octanol–water partition coefficient (Wildman–Crippen LogP) is 3.67. The third kappa shape index (κ3) is 4.71. The van der Waals surface area contributed by atoms with Crippen molar-refractivity contribution in [2.45, 2.75) is 51.4 Å². The fraction of sp³-hybridized carbons (Fsp3) is 0.542. The van der Waals surface area contributed by atoms with E-state index < -0.39 is 12.1 Å². The van der Waals surface area contributed by atoms with E-state index >= 15 is 0 Å². The van der Waals surface area contributed by atoms with Gasteiger partial charge in [0.05, 0.1) is 25.3 Å². The summed E-state index contributed by atoms with van der Waals surface area (Å²) in [4.78, 5) is 14.2. The molecule has 6 nitrogen and oxygen atoms in total. The molecule has 1 aliphatic heterocycles. The molecule has 6 heteroatoms. The number of nitrogens with zero attached hydrogens (tertiary/aromatic N) is 1. The summed E-state index contributed by atoms with van der Waals surface area (Å²) in [5, 5.41) is 10.7. The lowest BCUT2D eigenvalue weighted by molar-refractivity contribution is -0.0231. The topological polar surface area (TPSA) is 72.1 Å². The number of likely N-dealkylation sites (tertiary alicyclic amines) is 1. The summed E-state index contributed by atoms with van der Waals surface area (Å²) < 4.78 is 16.8. The zero-order chi connectivity index (χ0) is 21.1. The number of hydrogen-bond acceptors (Lipinski definition) is 6. The van der Waals surface area contributed by atoms with Crippen molar-refractivity contribution in [1.82, 2.24) is 4.90 Å². The van der Waals surface area contributed by atoms with Gasteiger partial charge in [0.25, 0.3) is 0 Å². The van der Waals surface area contributed by atoms with Crippen molar-refractivity contribution in [1.29, 1.82) is 0 Å². The first-order valence-electron chi connectivity index (χ1n) is 10.9. The second kappa shape index (κ2) is 9.23.